The van der Waals surface area contributed by atoms with Gasteiger partial charge < -0.3 is 25.3 Å². The van der Waals surface area contributed by atoms with Gasteiger partial charge in [0.1, 0.15) is 24.2 Å². The van der Waals surface area contributed by atoms with Gasteiger partial charge in [0.2, 0.25) is 0 Å². The number of Topliss-reactive ketones (excluding diaryl/α,β-unsaturated/α-hetero) is 1. The van der Waals surface area contributed by atoms with Gasteiger partial charge in [-0.1, -0.05) is 31.6 Å². The van der Waals surface area contributed by atoms with Crippen LogP contribution in [-0.2, 0) is 25.8 Å². The number of allylic oxidation sites excluding steroid dienone is 4. The molecule has 0 aromatic carbocycles. The van der Waals surface area contributed by atoms with Crippen LogP contribution in [0.15, 0.2) is 42.0 Å². The van der Waals surface area contributed by atoms with Gasteiger partial charge in [-0.25, -0.2) is 0 Å². The van der Waals surface area contributed by atoms with Crippen LogP contribution in [0, 0.1) is 38.7 Å². The number of fused-ring (bicyclic) bond motifs is 5. The third-order valence-electron chi connectivity index (χ3n) is 10.4. The van der Waals surface area contributed by atoms with E-state index in [1.54, 1.807) is 13.0 Å². The molecule has 0 aliphatic heterocycles. The molecule has 1 aromatic rings. The van der Waals surface area contributed by atoms with Crippen molar-refractivity contribution in [2.24, 2.45) is 28.6 Å². The molecule has 41 heavy (non-hydrogen) atoms. The van der Waals surface area contributed by atoms with E-state index in [9.17, 15) is 44.9 Å². The summed E-state index contributed by atoms with van der Waals surface area (Å²) in [5.41, 5.74) is -3.01. The Morgan fingerprint density at radius 2 is 2.00 bits per heavy atom. The molecule has 4 aliphatic rings. The third kappa shape index (κ3) is 4.48. The normalized spacial score (nSPS) is 37.2. The van der Waals surface area contributed by atoms with E-state index < -0.39 is 58.0 Å². The summed E-state index contributed by atoms with van der Waals surface area (Å²) in [4.78, 5) is 57.1. The molecule has 12 nitrogen and oxygen atoms in total. The maximum atomic E-state index is 13.9. The van der Waals surface area contributed by atoms with Crippen molar-refractivity contribution in [2.45, 2.75) is 76.3 Å². The first kappa shape index (κ1) is 29.0. The number of aromatic nitrogens is 1. The van der Waals surface area contributed by atoms with E-state index in [1.807, 2.05) is 13.0 Å². The number of aliphatic hydroxyl groups excluding tert-OH is 2. The van der Waals surface area contributed by atoms with Crippen LogP contribution < -0.4 is 0 Å². The van der Waals surface area contributed by atoms with E-state index in [2.05, 4.69) is 9.82 Å². The second-order valence-electron chi connectivity index (χ2n) is 12.3. The van der Waals surface area contributed by atoms with E-state index in [-0.39, 0.29) is 47.8 Å². The van der Waals surface area contributed by atoms with Gasteiger partial charge in [-0.2, -0.15) is 0 Å². The molecule has 4 N–H and O–H groups in total. The first-order chi connectivity index (χ1) is 19.2. The zero-order valence-electron chi connectivity index (χ0n) is 22.8. The van der Waals surface area contributed by atoms with Crippen LogP contribution in [0.4, 0.5) is 0 Å². The van der Waals surface area contributed by atoms with Crippen molar-refractivity contribution >= 4 is 17.5 Å². The average Bonchev–Trinajstić information content (AvgIpc) is 3.18. The Morgan fingerprint density at radius 1 is 1.27 bits per heavy atom. The van der Waals surface area contributed by atoms with Crippen LogP contribution in [0.1, 0.15) is 63.3 Å². The van der Waals surface area contributed by atoms with Gasteiger partial charge in [0.15, 0.2) is 11.6 Å². The molecule has 0 saturated heterocycles. The van der Waals surface area contributed by atoms with Gasteiger partial charge in [-0.05, 0) is 68.2 Å². The number of pyridine rings is 1. The monoisotopic (exact) mass is 570 g/mol. The summed E-state index contributed by atoms with van der Waals surface area (Å²) < 4.78 is 0. The molecule has 4 aliphatic carbocycles. The van der Waals surface area contributed by atoms with Crippen molar-refractivity contribution in [2.75, 3.05) is 0 Å². The Morgan fingerprint density at radius 3 is 2.68 bits per heavy atom. The molecule has 12 heteroatoms. The number of nitrogens with zero attached hydrogens (tertiary/aromatic N) is 2. The molecular weight excluding hydrogens is 536 g/mol. The summed E-state index contributed by atoms with van der Waals surface area (Å²) >= 11 is 0. The minimum absolute atomic E-state index is 0.00970. The second kappa shape index (κ2) is 10.1. The van der Waals surface area contributed by atoms with Crippen LogP contribution in [0.3, 0.4) is 0 Å². The highest BCUT2D eigenvalue weighted by atomic mass is 16.9. The summed E-state index contributed by atoms with van der Waals surface area (Å²) in [5, 5.41) is 54.2. The zero-order valence-corrected chi connectivity index (χ0v) is 22.8. The Hall–Kier alpha value is -3.48. The molecule has 0 spiro atoms. The molecule has 220 valence electrons. The van der Waals surface area contributed by atoms with Gasteiger partial charge in [-0.3, -0.25) is 19.4 Å². The average molecular weight is 571 g/mol. The summed E-state index contributed by atoms with van der Waals surface area (Å²) in [6, 6.07) is 4.03. The number of aliphatic carboxylic acids is 1. The lowest BCUT2D eigenvalue weighted by molar-refractivity contribution is -0.763. The van der Waals surface area contributed by atoms with Gasteiger partial charge in [-0.15, -0.1) is 10.1 Å². The van der Waals surface area contributed by atoms with Crippen LogP contribution >= 0.6 is 0 Å². The number of carbonyl (C=O) groups is 3. The maximum Gasteiger partial charge on any atom is 0.315 e. The fraction of sp³-hybridized carbons (Fsp3) is 0.586. The second-order valence-corrected chi connectivity index (χ2v) is 12.3. The summed E-state index contributed by atoms with van der Waals surface area (Å²) in [5.74, 6) is -5.04. The maximum absolute atomic E-state index is 13.9. The van der Waals surface area contributed by atoms with Crippen molar-refractivity contribution in [1.29, 1.82) is 0 Å². The summed E-state index contributed by atoms with van der Waals surface area (Å²) in [6.07, 6.45) is 3.73. The van der Waals surface area contributed by atoms with Crippen molar-refractivity contribution in [3.63, 3.8) is 0 Å². The Kier molecular flexibility index (Phi) is 7.16. The van der Waals surface area contributed by atoms with E-state index >= 15 is 0 Å². The summed E-state index contributed by atoms with van der Waals surface area (Å²) in [7, 11) is 0. The molecule has 0 radical (unpaired) electrons. The van der Waals surface area contributed by atoms with Crippen molar-refractivity contribution in [1.82, 2.24) is 4.98 Å². The molecule has 3 fully saturated rings. The molecule has 1 heterocycles. The van der Waals surface area contributed by atoms with Crippen molar-refractivity contribution in [3.8, 4) is 0 Å². The molecule has 2 unspecified atom stereocenters. The third-order valence-corrected chi connectivity index (χ3v) is 10.4. The van der Waals surface area contributed by atoms with Crippen LogP contribution in [0.25, 0.3) is 0 Å². The predicted octanol–water partition coefficient (Wildman–Crippen LogP) is 1.90. The van der Waals surface area contributed by atoms with E-state index in [4.69, 9.17) is 0 Å². The topological polar surface area (TPSA) is 197 Å². The highest BCUT2D eigenvalue weighted by Crippen LogP contribution is 2.67. The number of ketones is 2. The van der Waals surface area contributed by atoms with Crippen molar-refractivity contribution < 1.29 is 44.7 Å². The predicted molar refractivity (Wildman–Crippen MR) is 140 cm³/mol. The van der Waals surface area contributed by atoms with Crippen LogP contribution in [-0.4, -0.2) is 65.8 Å². The lowest BCUT2D eigenvalue weighted by Gasteiger charge is -2.59. The first-order valence-electron chi connectivity index (χ1n) is 13.8. The molecule has 5 rings (SSSR count). The lowest BCUT2D eigenvalue weighted by atomic mass is 9.46. The number of aliphatic hydroxyl groups is 3. The van der Waals surface area contributed by atoms with E-state index in [1.165, 1.54) is 24.3 Å². The number of hydrogen-bond donors (Lipinski definition) is 4. The standard InChI is InChI=1S/C29H34N2O10/c1-27-10-8-17(32)12-15(27)6-7-18-19-9-11-29(38,28(19,2)13-21(33)23(18)27)25(35)24(34)22(26(36)37)20-5-3-4-16(30-20)14-41-31(39)40/h3-5,8,10,12,18-19,21-24,33-34,38H,6-7,9,11,13-14H2,1-2H3,(H,36,37)/t18-,19-,21-,22?,23+,24?,27-,28-,29-/m0/s1. The Labute approximate surface area is 235 Å². The lowest BCUT2D eigenvalue weighted by Crippen LogP contribution is -2.63. The van der Waals surface area contributed by atoms with E-state index in [0.29, 0.717) is 19.3 Å². The largest absolute Gasteiger partial charge is 0.481 e. The van der Waals surface area contributed by atoms with E-state index in [0.717, 1.165) is 5.57 Å². The molecule has 9 atom stereocenters. The fourth-order valence-corrected chi connectivity index (χ4v) is 8.43. The highest BCUT2D eigenvalue weighted by molar-refractivity contribution is 6.01. The minimum atomic E-state index is -2.17. The quantitative estimate of drug-likeness (QED) is 0.263. The smallest absolute Gasteiger partial charge is 0.315 e. The fourth-order valence-electron chi connectivity index (χ4n) is 8.43. The number of carbonyl (C=O) groups excluding carboxylic acids is 2. The number of carboxylic acids is 1. The number of rotatable bonds is 8. The summed E-state index contributed by atoms with van der Waals surface area (Å²) in [6.45, 7) is 3.18. The molecular formula is C29H34N2O10. The SMILES string of the molecule is C[C@]12C=CC(=O)C=C1CC[C@@H]1[C@@H]2[C@@H](O)C[C@@]2(C)[C@H]1CC[C@]2(O)C(=O)C(O)C(C(=O)O)c1cccc(CO[N+](=O)[O-])n1. The number of hydrogen-bond acceptors (Lipinski definition) is 10. The van der Waals surface area contributed by atoms with Gasteiger partial charge >= 0.3 is 5.97 Å². The number of carboxylic acid groups (broad SMARTS) is 1. The molecule has 1 aromatic heterocycles. The first-order valence-corrected chi connectivity index (χ1v) is 13.8. The van der Waals surface area contributed by atoms with Gasteiger partial charge in [0.25, 0.3) is 5.09 Å². The molecule has 3 saturated carbocycles. The Balaban J connectivity index is 1.44. The van der Waals surface area contributed by atoms with Crippen LogP contribution in [0.5, 0.6) is 0 Å². The van der Waals surface area contributed by atoms with Gasteiger partial charge in [0, 0.05) is 16.7 Å². The Bertz CT molecular complexity index is 1360. The van der Waals surface area contributed by atoms with Crippen molar-refractivity contribution in [3.05, 3.63) is 63.5 Å². The van der Waals surface area contributed by atoms with Gasteiger partial charge in [0.05, 0.1) is 17.5 Å². The van der Waals surface area contributed by atoms with Crippen LogP contribution in [0.2, 0.25) is 0 Å². The zero-order chi connectivity index (χ0) is 29.9. The molecule has 0 amide bonds. The minimum Gasteiger partial charge on any atom is -0.481 e. The molecule has 0 bridgehead atoms. The highest BCUT2D eigenvalue weighted by Gasteiger charge is 2.69.